The number of phosphoric acid groups is 1. The number of allylic oxidation sites excluding steroid dienone is 6. The topological polar surface area (TPSA) is 119 Å². The highest BCUT2D eigenvalue weighted by atomic mass is 31.2. The first-order valence-electron chi connectivity index (χ1n) is 20.3. The first-order valence-corrected chi connectivity index (χ1v) is 21.8. The van der Waals surface area contributed by atoms with Gasteiger partial charge in [0.25, 0.3) is 0 Å². The lowest BCUT2D eigenvalue weighted by atomic mass is 10.1. The van der Waals surface area contributed by atoms with Crippen molar-refractivity contribution in [1.82, 2.24) is 0 Å². The van der Waals surface area contributed by atoms with Crippen molar-refractivity contribution in [1.29, 1.82) is 0 Å². The van der Waals surface area contributed by atoms with E-state index in [0.717, 1.165) is 25.7 Å². The van der Waals surface area contributed by atoms with E-state index >= 15 is 0 Å². The number of hydrogen-bond acceptors (Lipinski definition) is 6. The molecule has 0 amide bonds. The van der Waals surface area contributed by atoms with Crippen LogP contribution in [0.25, 0.3) is 0 Å². The minimum atomic E-state index is -4.77. The molecule has 0 aliphatic carbocycles. The Morgan fingerprint density at radius 3 is 1.42 bits per heavy atom. The SMILES string of the molecule is CCCCCCCCCCC/C=C/C/C=C/CCCC(=O)O[C@H](COC(=O)CC/C=C/CCCCCCCCCCCCC)COP(=O)(O)O. The van der Waals surface area contributed by atoms with Crippen LogP contribution in [0.4, 0.5) is 0 Å². The molecule has 0 aromatic rings. The van der Waals surface area contributed by atoms with Crippen LogP contribution in [-0.2, 0) is 28.2 Å². The van der Waals surface area contributed by atoms with Gasteiger partial charge in [0.15, 0.2) is 6.10 Å². The summed E-state index contributed by atoms with van der Waals surface area (Å²) in [6.45, 7) is 3.62. The summed E-state index contributed by atoms with van der Waals surface area (Å²) in [5.74, 6) is -0.992. The van der Waals surface area contributed by atoms with E-state index in [1.807, 2.05) is 12.2 Å². The molecule has 0 aromatic heterocycles. The molecule has 1 atom stereocenters. The molecule has 0 fully saturated rings. The van der Waals surface area contributed by atoms with Gasteiger partial charge in [-0.3, -0.25) is 14.1 Å². The van der Waals surface area contributed by atoms with E-state index < -0.39 is 32.5 Å². The van der Waals surface area contributed by atoms with Gasteiger partial charge in [0.2, 0.25) is 0 Å². The molecule has 292 valence electrons. The van der Waals surface area contributed by atoms with Crippen molar-refractivity contribution < 1.29 is 37.9 Å². The zero-order chi connectivity index (χ0) is 36.8. The summed E-state index contributed by atoms with van der Waals surface area (Å²) in [6, 6.07) is 0. The monoisotopic (exact) mass is 727 g/mol. The molecular weight excluding hydrogens is 651 g/mol. The van der Waals surface area contributed by atoms with Crippen LogP contribution >= 0.6 is 7.82 Å². The molecule has 50 heavy (non-hydrogen) atoms. The van der Waals surface area contributed by atoms with E-state index in [1.54, 1.807) is 0 Å². The fourth-order valence-corrected chi connectivity index (χ4v) is 5.97. The number of carbonyl (C=O) groups excluding carboxylic acids is 2. The minimum Gasteiger partial charge on any atom is -0.462 e. The number of ether oxygens (including phenoxy) is 2. The molecule has 2 N–H and O–H groups in total. The van der Waals surface area contributed by atoms with Crippen LogP contribution in [0, 0.1) is 0 Å². The molecule has 0 radical (unpaired) electrons. The van der Waals surface area contributed by atoms with E-state index in [1.165, 1.54) is 122 Å². The van der Waals surface area contributed by atoms with Crippen molar-refractivity contribution in [3.63, 3.8) is 0 Å². The molecule has 0 rings (SSSR count). The summed E-state index contributed by atoms with van der Waals surface area (Å²) in [5, 5.41) is 0. The maximum atomic E-state index is 12.4. The van der Waals surface area contributed by atoms with Gasteiger partial charge in [-0.2, -0.15) is 0 Å². The van der Waals surface area contributed by atoms with Gasteiger partial charge in [-0.25, -0.2) is 4.57 Å². The van der Waals surface area contributed by atoms with Gasteiger partial charge in [-0.1, -0.05) is 166 Å². The Morgan fingerprint density at radius 1 is 0.520 bits per heavy atom. The molecular formula is C41H75O8P. The highest BCUT2D eigenvalue weighted by molar-refractivity contribution is 7.46. The third-order valence-electron chi connectivity index (χ3n) is 8.64. The second kappa shape index (κ2) is 37.0. The van der Waals surface area contributed by atoms with Gasteiger partial charge in [-0.15, -0.1) is 0 Å². The van der Waals surface area contributed by atoms with Crippen LogP contribution in [0.1, 0.15) is 194 Å². The zero-order valence-corrected chi connectivity index (χ0v) is 32.9. The number of carbonyl (C=O) groups is 2. The Balaban J connectivity index is 4.03. The van der Waals surface area contributed by atoms with Crippen LogP contribution in [0.15, 0.2) is 36.5 Å². The summed E-state index contributed by atoms with van der Waals surface area (Å²) in [5.41, 5.74) is 0. The van der Waals surface area contributed by atoms with E-state index in [-0.39, 0.29) is 19.4 Å². The molecule has 9 heteroatoms. The van der Waals surface area contributed by atoms with Gasteiger partial charge < -0.3 is 19.3 Å². The van der Waals surface area contributed by atoms with Crippen LogP contribution in [0.2, 0.25) is 0 Å². The quantitative estimate of drug-likeness (QED) is 0.0281. The van der Waals surface area contributed by atoms with E-state index in [4.69, 9.17) is 19.3 Å². The molecule has 0 saturated carbocycles. The van der Waals surface area contributed by atoms with Crippen molar-refractivity contribution in [2.45, 2.75) is 200 Å². The van der Waals surface area contributed by atoms with Gasteiger partial charge >= 0.3 is 19.8 Å². The summed E-state index contributed by atoms with van der Waals surface area (Å²) >= 11 is 0. The van der Waals surface area contributed by atoms with Crippen LogP contribution in [0.3, 0.4) is 0 Å². The van der Waals surface area contributed by atoms with Crippen molar-refractivity contribution in [3.8, 4) is 0 Å². The normalized spacial score (nSPS) is 12.8. The zero-order valence-electron chi connectivity index (χ0n) is 32.0. The largest absolute Gasteiger partial charge is 0.469 e. The highest BCUT2D eigenvalue weighted by Gasteiger charge is 2.22. The molecule has 0 bridgehead atoms. The lowest BCUT2D eigenvalue weighted by molar-refractivity contribution is -0.161. The lowest BCUT2D eigenvalue weighted by Gasteiger charge is -2.18. The first kappa shape index (κ1) is 48.3. The maximum absolute atomic E-state index is 12.4. The summed E-state index contributed by atoms with van der Waals surface area (Å²) < 4.78 is 26.3. The predicted octanol–water partition coefficient (Wildman–Crippen LogP) is 12.2. The number of unbranched alkanes of at least 4 members (excludes halogenated alkanes) is 21. The Morgan fingerprint density at radius 2 is 0.940 bits per heavy atom. The number of hydrogen-bond donors (Lipinski definition) is 2. The Hall–Kier alpha value is -1.73. The summed E-state index contributed by atoms with van der Waals surface area (Å²) in [4.78, 5) is 42.7. The third-order valence-corrected chi connectivity index (χ3v) is 9.13. The molecule has 0 aliphatic heterocycles. The number of esters is 2. The lowest BCUT2D eigenvalue weighted by Crippen LogP contribution is -2.29. The van der Waals surface area contributed by atoms with E-state index in [2.05, 4.69) is 42.7 Å². The van der Waals surface area contributed by atoms with E-state index in [9.17, 15) is 14.2 Å². The second-order valence-electron chi connectivity index (χ2n) is 13.6. The van der Waals surface area contributed by atoms with Gasteiger partial charge in [-0.05, 0) is 51.4 Å². The van der Waals surface area contributed by atoms with Gasteiger partial charge in [0.1, 0.15) is 6.61 Å². The fraction of sp³-hybridized carbons (Fsp3) is 0.805. The molecule has 0 saturated heterocycles. The summed E-state index contributed by atoms with van der Waals surface area (Å²) in [6.07, 6.45) is 43.2. The van der Waals surface area contributed by atoms with Crippen molar-refractivity contribution in [3.05, 3.63) is 36.5 Å². The van der Waals surface area contributed by atoms with Gasteiger partial charge in [0, 0.05) is 12.8 Å². The Bertz CT molecular complexity index is 910. The highest BCUT2D eigenvalue weighted by Crippen LogP contribution is 2.36. The maximum Gasteiger partial charge on any atom is 0.469 e. The van der Waals surface area contributed by atoms with Crippen LogP contribution in [0.5, 0.6) is 0 Å². The third kappa shape index (κ3) is 39.1. The molecule has 0 unspecified atom stereocenters. The van der Waals surface area contributed by atoms with E-state index in [0.29, 0.717) is 19.3 Å². The number of phosphoric ester groups is 1. The Kier molecular flexibility index (Phi) is 35.8. The fourth-order valence-electron chi connectivity index (χ4n) is 5.61. The molecule has 0 aliphatic rings. The average Bonchev–Trinajstić information content (AvgIpc) is 3.08. The van der Waals surface area contributed by atoms with Crippen molar-refractivity contribution in [2.75, 3.05) is 13.2 Å². The van der Waals surface area contributed by atoms with Crippen molar-refractivity contribution in [2.24, 2.45) is 0 Å². The minimum absolute atomic E-state index is 0.142. The molecule has 0 aromatic carbocycles. The van der Waals surface area contributed by atoms with Gasteiger partial charge in [0.05, 0.1) is 6.61 Å². The smallest absolute Gasteiger partial charge is 0.462 e. The standard InChI is InChI=1S/C41H75O8P/c1-3-5-7-9-11-13-15-17-19-20-22-24-26-28-30-32-34-36-41(43)49-39(38-48-50(44,45)46)37-47-40(42)35-33-31-29-27-25-23-21-18-16-14-12-10-8-6-4-2/h22,24,28-31,39H,3-21,23,25-27,32-38H2,1-2H3,(H2,44,45,46)/b24-22+,30-28+,31-29+/t39-/m1/s1. The summed E-state index contributed by atoms with van der Waals surface area (Å²) in [7, 11) is -4.77. The number of rotatable bonds is 37. The molecule has 0 heterocycles. The predicted molar refractivity (Wildman–Crippen MR) is 207 cm³/mol. The van der Waals surface area contributed by atoms with Crippen LogP contribution < -0.4 is 0 Å². The van der Waals surface area contributed by atoms with Crippen molar-refractivity contribution >= 4 is 19.8 Å². The first-order chi connectivity index (χ1) is 24.3. The molecule has 0 spiro atoms. The molecule has 8 nitrogen and oxygen atoms in total. The average molecular weight is 727 g/mol. The van der Waals surface area contributed by atoms with Crippen LogP contribution in [-0.4, -0.2) is 41.0 Å². The Labute approximate surface area is 306 Å². The second-order valence-corrected chi connectivity index (χ2v) is 14.8.